The highest BCUT2D eigenvalue weighted by atomic mass is 14.5. The molecule has 18 heavy (non-hydrogen) atoms. The Morgan fingerprint density at radius 1 is 1.33 bits per heavy atom. The minimum Gasteiger partial charge on any atom is -0.0848 e. The molecule has 0 N–H and O–H groups in total. The second-order valence-corrected chi connectivity index (χ2v) is 7.49. The van der Waals surface area contributed by atoms with Crippen LogP contribution in [0.1, 0.15) is 79.1 Å². The Labute approximate surface area is 114 Å². The summed E-state index contributed by atoms with van der Waals surface area (Å²) in [5.41, 5.74) is 2.40. The Balaban J connectivity index is 1.95. The quantitative estimate of drug-likeness (QED) is 0.424. The minimum atomic E-state index is 0.579. The molecule has 0 spiro atoms. The maximum absolute atomic E-state index is 2.63. The third kappa shape index (κ3) is 2.83. The van der Waals surface area contributed by atoms with Crippen LogP contribution in [0.15, 0.2) is 11.6 Å². The number of fused-ring (bicyclic) bond motifs is 1. The Morgan fingerprint density at radius 3 is 2.83 bits per heavy atom. The lowest BCUT2D eigenvalue weighted by Gasteiger charge is -2.41. The van der Waals surface area contributed by atoms with E-state index in [4.69, 9.17) is 0 Å². The molecular formula is C18H32. The normalized spacial score (nSPS) is 38.4. The van der Waals surface area contributed by atoms with Gasteiger partial charge in [-0.25, -0.2) is 0 Å². The van der Waals surface area contributed by atoms with Gasteiger partial charge in [-0.3, -0.25) is 0 Å². The number of hydrogen-bond donors (Lipinski definition) is 0. The Morgan fingerprint density at radius 2 is 2.11 bits per heavy atom. The van der Waals surface area contributed by atoms with E-state index >= 15 is 0 Å². The Bertz CT molecular complexity index is 299. The fraction of sp³-hybridized carbons (Fsp3) is 0.889. The first-order valence-electron chi connectivity index (χ1n) is 8.23. The summed E-state index contributed by atoms with van der Waals surface area (Å²) in [6.07, 6.45) is 14.0. The highest BCUT2D eigenvalue weighted by molar-refractivity contribution is 5.22. The largest absolute Gasteiger partial charge is 0.0848 e. The first-order chi connectivity index (χ1) is 8.54. The molecule has 104 valence electrons. The first-order valence-corrected chi connectivity index (χ1v) is 8.23. The molecule has 0 aromatic carbocycles. The molecule has 0 nitrogen and oxygen atoms in total. The van der Waals surface area contributed by atoms with E-state index in [2.05, 4.69) is 33.8 Å². The molecule has 0 bridgehead atoms. The van der Waals surface area contributed by atoms with Crippen LogP contribution < -0.4 is 0 Å². The third-order valence-electron chi connectivity index (χ3n) is 5.70. The average molecular weight is 248 g/mol. The number of hydrogen-bond acceptors (Lipinski definition) is 0. The van der Waals surface area contributed by atoms with Crippen molar-refractivity contribution in [2.45, 2.75) is 79.1 Å². The minimum absolute atomic E-state index is 0.579. The molecule has 0 aliphatic heterocycles. The summed E-state index contributed by atoms with van der Waals surface area (Å²) in [5, 5.41) is 0. The summed E-state index contributed by atoms with van der Waals surface area (Å²) < 4.78 is 0. The molecule has 0 heteroatoms. The van der Waals surface area contributed by atoms with Crippen molar-refractivity contribution in [1.29, 1.82) is 0 Å². The van der Waals surface area contributed by atoms with Crippen LogP contribution in [0.5, 0.6) is 0 Å². The third-order valence-corrected chi connectivity index (χ3v) is 5.70. The van der Waals surface area contributed by atoms with E-state index in [0.717, 1.165) is 17.8 Å². The van der Waals surface area contributed by atoms with Gasteiger partial charge in [-0.2, -0.15) is 0 Å². The van der Waals surface area contributed by atoms with Gasteiger partial charge in [0.1, 0.15) is 0 Å². The smallest absolute Gasteiger partial charge is 0.00855 e. The van der Waals surface area contributed by atoms with Gasteiger partial charge in [0.15, 0.2) is 0 Å². The topological polar surface area (TPSA) is 0 Å². The van der Waals surface area contributed by atoms with Crippen LogP contribution >= 0.6 is 0 Å². The summed E-state index contributed by atoms with van der Waals surface area (Å²) in [5.74, 6) is 2.82. The maximum Gasteiger partial charge on any atom is -0.00855 e. The van der Waals surface area contributed by atoms with Gasteiger partial charge in [0, 0.05) is 0 Å². The summed E-state index contributed by atoms with van der Waals surface area (Å²) in [6.45, 7) is 9.73. The molecular weight excluding hydrogens is 216 g/mol. The van der Waals surface area contributed by atoms with Crippen molar-refractivity contribution in [3.8, 4) is 0 Å². The van der Waals surface area contributed by atoms with Gasteiger partial charge >= 0.3 is 0 Å². The molecule has 2 saturated carbocycles. The van der Waals surface area contributed by atoms with Crippen molar-refractivity contribution in [1.82, 2.24) is 0 Å². The summed E-state index contributed by atoms with van der Waals surface area (Å²) in [6, 6.07) is 0. The van der Waals surface area contributed by atoms with E-state index in [-0.39, 0.29) is 0 Å². The molecule has 0 aromatic heterocycles. The van der Waals surface area contributed by atoms with Crippen LogP contribution in [0.3, 0.4) is 0 Å². The van der Waals surface area contributed by atoms with Crippen LogP contribution in [0.4, 0.5) is 0 Å². The van der Waals surface area contributed by atoms with Gasteiger partial charge in [0.25, 0.3) is 0 Å². The lowest BCUT2D eigenvalue weighted by Crippen LogP contribution is -2.32. The van der Waals surface area contributed by atoms with Crippen LogP contribution in [0, 0.1) is 23.2 Å². The second kappa shape index (κ2) is 5.80. The van der Waals surface area contributed by atoms with Crippen LogP contribution in [0.25, 0.3) is 0 Å². The fourth-order valence-electron chi connectivity index (χ4n) is 4.54. The van der Waals surface area contributed by atoms with Gasteiger partial charge in [-0.1, -0.05) is 58.6 Å². The van der Waals surface area contributed by atoms with Crippen molar-refractivity contribution in [2.24, 2.45) is 23.2 Å². The van der Waals surface area contributed by atoms with Gasteiger partial charge in [0.05, 0.1) is 0 Å². The summed E-state index contributed by atoms with van der Waals surface area (Å²) in [7, 11) is 0. The van der Waals surface area contributed by atoms with E-state index in [1.807, 2.05) is 5.57 Å². The maximum atomic E-state index is 2.63. The highest BCUT2D eigenvalue weighted by Crippen LogP contribution is 2.57. The van der Waals surface area contributed by atoms with Gasteiger partial charge < -0.3 is 0 Å². The standard InChI is InChI=1S/C18H32/c1-14(2)8-5-6-10-16-11-12-17-15(3)9-7-13-18(16,17)4/h10,14-15,17H,5-9,11-13H2,1-4H3/b16-10-. The molecule has 0 saturated heterocycles. The molecule has 2 aliphatic carbocycles. The SMILES string of the molecule is CC(C)CCC/C=C1/CCC2C(C)CCCC12C. The van der Waals surface area contributed by atoms with E-state index < -0.39 is 0 Å². The number of unbranched alkanes of at least 4 members (excludes halogenated alkanes) is 1. The van der Waals surface area contributed by atoms with Crippen molar-refractivity contribution >= 4 is 0 Å². The first kappa shape index (κ1) is 14.2. The lowest BCUT2D eigenvalue weighted by molar-refractivity contribution is 0.126. The molecule has 2 fully saturated rings. The fourth-order valence-corrected chi connectivity index (χ4v) is 4.54. The molecule has 0 heterocycles. The van der Waals surface area contributed by atoms with E-state index in [9.17, 15) is 0 Å². The average Bonchev–Trinajstić information content (AvgIpc) is 2.63. The van der Waals surface area contributed by atoms with Gasteiger partial charge in [-0.05, 0) is 55.3 Å². The predicted molar refractivity (Wildman–Crippen MR) is 80.6 cm³/mol. The van der Waals surface area contributed by atoms with Crippen molar-refractivity contribution < 1.29 is 0 Å². The predicted octanol–water partition coefficient (Wildman–Crippen LogP) is 5.98. The second-order valence-electron chi connectivity index (χ2n) is 7.49. The molecule has 0 aromatic rings. The van der Waals surface area contributed by atoms with Crippen LogP contribution in [-0.4, -0.2) is 0 Å². The number of rotatable bonds is 4. The van der Waals surface area contributed by atoms with Gasteiger partial charge in [-0.15, -0.1) is 0 Å². The summed E-state index contributed by atoms with van der Waals surface area (Å²) in [4.78, 5) is 0. The zero-order chi connectivity index (χ0) is 13.2. The van der Waals surface area contributed by atoms with Crippen molar-refractivity contribution in [3.05, 3.63) is 11.6 Å². The molecule has 2 rings (SSSR count). The van der Waals surface area contributed by atoms with Crippen molar-refractivity contribution in [2.75, 3.05) is 0 Å². The molecule has 0 radical (unpaired) electrons. The van der Waals surface area contributed by atoms with Crippen LogP contribution in [-0.2, 0) is 0 Å². The van der Waals surface area contributed by atoms with E-state index in [1.54, 1.807) is 0 Å². The summed E-state index contributed by atoms with van der Waals surface area (Å²) >= 11 is 0. The molecule has 2 aliphatic rings. The zero-order valence-corrected chi connectivity index (χ0v) is 13.0. The Kier molecular flexibility index (Phi) is 4.56. The lowest BCUT2D eigenvalue weighted by atomic mass is 9.63. The van der Waals surface area contributed by atoms with E-state index in [0.29, 0.717) is 5.41 Å². The van der Waals surface area contributed by atoms with Gasteiger partial charge in [0.2, 0.25) is 0 Å². The monoisotopic (exact) mass is 248 g/mol. The zero-order valence-electron chi connectivity index (χ0n) is 13.0. The van der Waals surface area contributed by atoms with E-state index in [1.165, 1.54) is 51.4 Å². The Hall–Kier alpha value is -0.260. The molecule has 3 unspecified atom stereocenters. The number of allylic oxidation sites excluding steroid dienone is 2. The molecule has 3 atom stereocenters. The van der Waals surface area contributed by atoms with Crippen molar-refractivity contribution in [3.63, 3.8) is 0 Å². The highest BCUT2D eigenvalue weighted by Gasteiger charge is 2.46. The molecule has 0 amide bonds. The van der Waals surface area contributed by atoms with Crippen LogP contribution in [0.2, 0.25) is 0 Å².